The van der Waals surface area contributed by atoms with E-state index < -0.39 is 5.91 Å². The summed E-state index contributed by atoms with van der Waals surface area (Å²) in [6.45, 7) is 3.13. The number of piperidine rings is 1. The molecule has 0 aliphatic carbocycles. The van der Waals surface area contributed by atoms with Gasteiger partial charge in [-0.1, -0.05) is 12.1 Å². The fraction of sp³-hybridized carbons (Fsp3) is 0.409. The Morgan fingerprint density at radius 2 is 1.97 bits per heavy atom. The number of likely N-dealkylation sites (tertiary alicyclic amines) is 1. The van der Waals surface area contributed by atoms with Crippen LogP contribution in [-0.2, 0) is 16.1 Å². The molecular formula is C22H26FN5O3. The van der Waals surface area contributed by atoms with Crippen molar-refractivity contribution in [3.05, 3.63) is 58.9 Å². The summed E-state index contributed by atoms with van der Waals surface area (Å²) >= 11 is 0. The average molecular weight is 427 g/mol. The number of amides is 3. The standard InChI is InChI=1S/C22H26FN5O3/c1-14-18(22(31)26-11-15-4-6-17(23)7-5-15)12-25-21(27-14)16-3-2-10-28(13-16)20(30)9-8-19(24)29/h4-7,12,16H,2-3,8-11,13H2,1H3,(H2,24,29)(H,26,31). The molecule has 0 radical (unpaired) electrons. The van der Waals surface area contributed by atoms with Crippen LogP contribution in [0.2, 0.25) is 0 Å². The van der Waals surface area contributed by atoms with Crippen molar-refractivity contribution in [2.24, 2.45) is 5.73 Å². The van der Waals surface area contributed by atoms with Gasteiger partial charge in [0.25, 0.3) is 5.91 Å². The first-order chi connectivity index (χ1) is 14.8. The second-order valence-corrected chi connectivity index (χ2v) is 7.68. The second kappa shape index (κ2) is 10.1. The first kappa shape index (κ1) is 22.3. The highest BCUT2D eigenvalue weighted by molar-refractivity contribution is 5.94. The Bertz CT molecular complexity index is 964. The predicted molar refractivity (Wildman–Crippen MR) is 111 cm³/mol. The van der Waals surface area contributed by atoms with Crippen LogP contribution in [0.4, 0.5) is 4.39 Å². The van der Waals surface area contributed by atoms with Crippen LogP contribution in [0.15, 0.2) is 30.5 Å². The molecule has 1 aliphatic rings. The first-order valence-corrected chi connectivity index (χ1v) is 10.3. The van der Waals surface area contributed by atoms with Crippen LogP contribution < -0.4 is 11.1 Å². The second-order valence-electron chi connectivity index (χ2n) is 7.68. The van der Waals surface area contributed by atoms with Gasteiger partial charge in [-0.25, -0.2) is 14.4 Å². The van der Waals surface area contributed by atoms with E-state index in [1.807, 2.05) is 0 Å². The van der Waals surface area contributed by atoms with E-state index in [1.165, 1.54) is 18.3 Å². The van der Waals surface area contributed by atoms with Gasteiger partial charge in [-0.05, 0) is 37.5 Å². The molecule has 1 fully saturated rings. The summed E-state index contributed by atoms with van der Waals surface area (Å²) in [5.74, 6) is -0.654. The van der Waals surface area contributed by atoms with Crippen molar-refractivity contribution in [2.45, 2.75) is 45.1 Å². The van der Waals surface area contributed by atoms with Crippen molar-refractivity contribution < 1.29 is 18.8 Å². The number of hydrogen-bond acceptors (Lipinski definition) is 5. The van der Waals surface area contributed by atoms with Gasteiger partial charge in [0.1, 0.15) is 11.6 Å². The number of halogens is 1. The maximum absolute atomic E-state index is 13.0. The Balaban J connectivity index is 1.61. The number of benzene rings is 1. The Morgan fingerprint density at radius 1 is 1.23 bits per heavy atom. The van der Waals surface area contributed by atoms with Gasteiger partial charge in [-0.2, -0.15) is 0 Å². The minimum absolute atomic E-state index is 0.0266. The van der Waals surface area contributed by atoms with Crippen molar-refractivity contribution in [1.82, 2.24) is 20.2 Å². The van der Waals surface area contributed by atoms with E-state index in [4.69, 9.17) is 5.73 Å². The molecule has 0 saturated carbocycles. The number of nitrogens with two attached hydrogens (primary N) is 1. The highest BCUT2D eigenvalue weighted by Crippen LogP contribution is 2.25. The molecule has 0 bridgehead atoms. The number of aryl methyl sites for hydroxylation is 1. The van der Waals surface area contributed by atoms with Crippen molar-refractivity contribution in [3.63, 3.8) is 0 Å². The minimum Gasteiger partial charge on any atom is -0.370 e. The fourth-order valence-electron chi connectivity index (χ4n) is 3.59. The monoisotopic (exact) mass is 427 g/mol. The van der Waals surface area contributed by atoms with E-state index in [-0.39, 0.29) is 42.9 Å². The third-order valence-corrected chi connectivity index (χ3v) is 5.33. The molecule has 1 aliphatic heterocycles. The van der Waals surface area contributed by atoms with Crippen molar-refractivity contribution in [2.75, 3.05) is 13.1 Å². The highest BCUT2D eigenvalue weighted by atomic mass is 19.1. The molecular weight excluding hydrogens is 401 g/mol. The van der Waals surface area contributed by atoms with Gasteiger partial charge in [0, 0.05) is 44.6 Å². The lowest BCUT2D eigenvalue weighted by Crippen LogP contribution is -2.40. The summed E-state index contributed by atoms with van der Waals surface area (Å²) < 4.78 is 13.0. The quantitative estimate of drug-likeness (QED) is 0.699. The summed E-state index contributed by atoms with van der Waals surface area (Å²) in [6, 6.07) is 5.91. The largest absolute Gasteiger partial charge is 0.370 e. The maximum atomic E-state index is 13.0. The van der Waals surface area contributed by atoms with Crippen LogP contribution in [0, 0.1) is 12.7 Å². The van der Waals surface area contributed by atoms with Gasteiger partial charge in [-0.3, -0.25) is 14.4 Å². The van der Waals surface area contributed by atoms with E-state index in [1.54, 1.807) is 24.0 Å². The van der Waals surface area contributed by atoms with Crippen LogP contribution in [0.1, 0.15) is 59.0 Å². The van der Waals surface area contributed by atoms with Crippen LogP contribution >= 0.6 is 0 Å². The van der Waals surface area contributed by atoms with Crippen LogP contribution in [-0.4, -0.2) is 45.7 Å². The van der Waals surface area contributed by atoms with Gasteiger partial charge in [0.05, 0.1) is 11.3 Å². The topological polar surface area (TPSA) is 118 Å². The molecule has 3 rings (SSSR count). The zero-order chi connectivity index (χ0) is 22.4. The highest BCUT2D eigenvalue weighted by Gasteiger charge is 2.27. The lowest BCUT2D eigenvalue weighted by Gasteiger charge is -2.32. The van der Waals surface area contributed by atoms with Crippen molar-refractivity contribution >= 4 is 17.7 Å². The zero-order valence-corrected chi connectivity index (χ0v) is 17.4. The first-order valence-electron chi connectivity index (χ1n) is 10.3. The van der Waals surface area contributed by atoms with E-state index >= 15 is 0 Å². The number of hydrogen-bond donors (Lipinski definition) is 2. The van der Waals surface area contributed by atoms with Crippen LogP contribution in [0.5, 0.6) is 0 Å². The van der Waals surface area contributed by atoms with Gasteiger partial charge >= 0.3 is 0 Å². The number of carbonyl (C=O) groups is 3. The Morgan fingerprint density at radius 3 is 2.65 bits per heavy atom. The van der Waals surface area contributed by atoms with Crippen LogP contribution in [0.3, 0.4) is 0 Å². The molecule has 1 aromatic heterocycles. The average Bonchev–Trinajstić information content (AvgIpc) is 2.76. The predicted octanol–water partition coefficient (Wildman–Crippen LogP) is 1.83. The number of carbonyl (C=O) groups excluding carboxylic acids is 3. The molecule has 9 heteroatoms. The molecule has 164 valence electrons. The molecule has 1 unspecified atom stereocenters. The summed E-state index contributed by atoms with van der Waals surface area (Å²) in [7, 11) is 0. The summed E-state index contributed by atoms with van der Waals surface area (Å²) in [5, 5.41) is 2.79. The SMILES string of the molecule is Cc1nc(C2CCCN(C(=O)CCC(N)=O)C2)ncc1C(=O)NCc1ccc(F)cc1. The molecule has 2 aromatic rings. The number of rotatable bonds is 7. The Kier molecular flexibility index (Phi) is 7.28. The van der Waals surface area contributed by atoms with Gasteiger partial charge < -0.3 is 16.0 Å². The fourth-order valence-corrected chi connectivity index (χ4v) is 3.59. The third kappa shape index (κ3) is 6.07. The van der Waals surface area contributed by atoms with Gasteiger partial charge in [-0.15, -0.1) is 0 Å². The number of nitrogens with one attached hydrogen (secondary N) is 1. The molecule has 2 heterocycles. The summed E-state index contributed by atoms with van der Waals surface area (Å²) in [5.41, 5.74) is 6.84. The van der Waals surface area contributed by atoms with E-state index in [0.717, 1.165) is 18.4 Å². The Labute approximate surface area is 180 Å². The lowest BCUT2D eigenvalue weighted by molar-refractivity contribution is -0.134. The zero-order valence-electron chi connectivity index (χ0n) is 17.4. The molecule has 31 heavy (non-hydrogen) atoms. The van der Waals surface area contributed by atoms with Gasteiger partial charge in [0.2, 0.25) is 11.8 Å². The molecule has 3 N–H and O–H groups in total. The van der Waals surface area contributed by atoms with Crippen molar-refractivity contribution in [3.8, 4) is 0 Å². The molecule has 1 atom stereocenters. The number of aromatic nitrogens is 2. The molecule has 3 amide bonds. The lowest BCUT2D eigenvalue weighted by atomic mass is 9.96. The summed E-state index contributed by atoms with van der Waals surface area (Å²) in [4.78, 5) is 46.4. The van der Waals surface area contributed by atoms with Crippen molar-refractivity contribution in [1.29, 1.82) is 0 Å². The van der Waals surface area contributed by atoms with E-state index in [2.05, 4.69) is 15.3 Å². The maximum Gasteiger partial charge on any atom is 0.254 e. The van der Waals surface area contributed by atoms with Crippen LogP contribution in [0.25, 0.3) is 0 Å². The number of primary amides is 1. The van der Waals surface area contributed by atoms with Gasteiger partial charge in [0.15, 0.2) is 0 Å². The minimum atomic E-state index is -0.492. The van der Waals surface area contributed by atoms with E-state index in [0.29, 0.717) is 30.2 Å². The van der Waals surface area contributed by atoms with E-state index in [9.17, 15) is 18.8 Å². The third-order valence-electron chi connectivity index (χ3n) is 5.33. The molecule has 0 spiro atoms. The normalized spacial score (nSPS) is 16.1. The molecule has 1 aromatic carbocycles. The Hall–Kier alpha value is -3.36. The number of nitrogens with zero attached hydrogens (tertiary/aromatic N) is 3. The summed E-state index contributed by atoms with van der Waals surface area (Å²) in [6.07, 6.45) is 3.31. The smallest absolute Gasteiger partial charge is 0.254 e. The molecule has 8 nitrogen and oxygen atoms in total. The molecule has 1 saturated heterocycles.